The van der Waals surface area contributed by atoms with Crippen molar-refractivity contribution in [2.45, 2.75) is 39.3 Å². The summed E-state index contributed by atoms with van der Waals surface area (Å²) in [6.45, 7) is 15.3. The summed E-state index contributed by atoms with van der Waals surface area (Å²) in [5.74, 6) is 0. The summed E-state index contributed by atoms with van der Waals surface area (Å²) in [7, 11) is -2.27. The van der Waals surface area contributed by atoms with Crippen molar-refractivity contribution in [3.63, 3.8) is 0 Å². The van der Waals surface area contributed by atoms with Crippen LogP contribution in [0.1, 0.15) is 0 Å². The molecule has 0 aromatic heterocycles. The van der Waals surface area contributed by atoms with Crippen LogP contribution in [0.15, 0.2) is 30.3 Å². The predicted octanol–water partition coefficient (Wildman–Crippen LogP) is 0.226. The SMILES string of the molecule is C[Si](C)(C)[Si-](c1ccccc1)[Si](C)(C)C.[Li+]. The summed E-state index contributed by atoms with van der Waals surface area (Å²) < 4.78 is 0. The standard InChI is InChI=1S/C12H23Si3.Li/c1-14(2,3)13(15(4,5)6)12-10-8-7-9-11-12;/h7-11H,1-6H3;/q-1;+1. The van der Waals surface area contributed by atoms with Gasteiger partial charge in [-0.1, -0.05) is 84.8 Å². The van der Waals surface area contributed by atoms with Crippen molar-refractivity contribution in [2.24, 2.45) is 0 Å². The van der Waals surface area contributed by atoms with E-state index in [9.17, 15) is 0 Å². The summed E-state index contributed by atoms with van der Waals surface area (Å²) in [5.41, 5.74) is 0. The van der Waals surface area contributed by atoms with Crippen molar-refractivity contribution in [3.8, 4) is 0 Å². The van der Waals surface area contributed by atoms with Gasteiger partial charge in [0.25, 0.3) is 0 Å². The molecule has 0 saturated heterocycles. The first kappa shape index (κ1) is 16.5. The average Bonchev–Trinajstić information content (AvgIpc) is 2.00. The van der Waals surface area contributed by atoms with Crippen LogP contribution in [0.2, 0.25) is 39.3 Å². The number of benzene rings is 1. The van der Waals surface area contributed by atoms with Gasteiger partial charge in [-0.2, -0.15) is 0 Å². The summed E-state index contributed by atoms with van der Waals surface area (Å²) in [6.07, 6.45) is 0. The van der Waals surface area contributed by atoms with Crippen LogP contribution < -0.4 is 24.0 Å². The maximum atomic E-state index is 2.55. The second kappa shape index (κ2) is 5.88. The minimum atomic E-state index is -0.999. The average molecular weight is 259 g/mol. The van der Waals surface area contributed by atoms with Crippen LogP contribution in [0, 0.1) is 0 Å². The quantitative estimate of drug-likeness (QED) is 0.681. The van der Waals surface area contributed by atoms with E-state index in [1.807, 2.05) is 0 Å². The zero-order chi connectivity index (χ0) is 11.7. The van der Waals surface area contributed by atoms with Crippen LogP contribution in [-0.4, -0.2) is 23.0 Å². The molecule has 0 amide bonds. The summed E-state index contributed by atoms with van der Waals surface area (Å²) in [5, 5.41) is 1.68. The molecule has 1 rings (SSSR count). The minimum Gasteiger partial charge on any atom is -0.281 e. The molecule has 0 fully saturated rings. The van der Waals surface area contributed by atoms with Crippen molar-refractivity contribution >= 4 is 28.2 Å². The Morgan fingerprint density at radius 2 is 1.12 bits per heavy atom. The Balaban J connectivity index is 0.00000225. The predicted molar refractivity (Wildman–Crippen MR) is 78.5 cm³/mol. The molecule has 0 aliphatic carbocycles. The number of hydrogen-bond acceptors (Lipinski definition) is 0. The van der Waals surface area contributed by atoms with Crippen LogP contribution in [0.4, 0.5) is 0 Å². The van der Waals surface area contributed by atoms with Crippen LogP contribution >= 0.6 is 0 Å². The largest absolute Gasteiger partial charge is 1.00 e. The van der Waals surface area contributed by atoms with Gasteiger partial charge in [0, 0.05) is 0 Å². The van der Waals surface area contributed by atoms with Gasteiger partial charge in [0.2, 0.25) is 0 Å². The van der Waals surface area contributed by atoms with E-state index >= 15 is 0 Å². The van der Waals surface area contributed by atoms with E-state index in [1.54, 1.807) is 5.19 Å². The van der Waals surface area contributed by atoms with Gasteiger partial charge in [0.1, 0.15) is 0 Å². The van der Waals surface area contributed by atoms with Crippen molar-refractivity contribution in [1.29, 1.82) is 0 Å². The number of hydrogen-bond donors (Lipinski definition) is 0. The van der Waals surface area contributed by atoms with Gasteiger partial charge < -0.3 is 0 Å². The summed E-state index contributed by atoms with van der Waals surface area (Å²) in [4.78, 5) is 0. The van der Waals surface area contributed by atoms with Gasteiger partial charge in [-0.3, -0.25) is 7.83 Å². The molecule has 0 bridgehead atoms. The molecule has 0 spiro atoms. The molecule has 1 aromatic rings. The Kier molecular flexibility index (Phi) is 6.05. The molecule has 4 heteroatoms. The fourth-order valence-corrected chi connectivity index (χ4v) is 40.3. The topological polar surface area (TPSA) is 0 Å². The first-order chi connectivity index (χ1) is 6.73. The smallest absolute Gasteiger partial charge is 0.281 e. The second-order valence-corrected chi connectivity index (χ2v) is 30.1. The van der Waals surface area contributed by atoms with Gasteiger partial charge in [-0.05, 0) is 0 Å². The molecule has 0 unspecified atom stereocenters. The third-order valence-corrected chi connectivity index (χ3v) is 30.7. The first-order valence-corrected chi connectivity index (χ1v) is 16.2. The van der Waals surface area contributed by atoms with E-state index in [4.69, 9.17) is 0 Å². The van der Waals surface area contributed by atoms with Crippen LogP contribution in [0.3, 0.4) is 0 Å². The van der Waals surface area contributed by atoms with Gasteiger partial charge in [0.15, 0.2) is 0 Å². The Bertz CT molecular complexity index is 297. The van der Waals surface area contributed by atoms with Crippen molar-refractivity contribution in [1.82, 2.24) is 0 Å². The van der Waals surface area contributed by atoms with Crippen molar-refractivity contribution in [3.05, 3.63) is 30.3 Å². The number of rotatable bonds is 3. The molecule has 0 atom stereocenters. The molecule has 84 valence electrons. The van der Waals surface area contributed by atoms with E-state index in [2.05, 4.69) is 69.6 Å². The molecule has 0 N–H and O–H groups in total. The van der Waals surface area contributed by atoms with Gasteiger partial charge in [-0.25, -0.2) is 5.19 Å². The van der Waals surface area contributed by atoms with Crippen LogP contribution in [0.25, 0.3) is 0 Å². The van der Waals surface area contributed by atoms with E-state index in [0.29, 0.717) is 0 Å². The maximum Gasteiger partial charge on any atom is 1.00 e. The Morgan fingerprint density at radius 1 is 0.750 bits per heavy atom. The fourth-order valence-electron chi connectivity index (χ4n) is 2.60. The monoisotopic (exact) mass is 258 g/mol. The van der Waals surface area contributed by atoms with Gasteiger partial charge in [0.05, 0.1) is 0 Å². The molecule has 0 heterocycles. The third-order valence-electron chi connectivity index (χ3n) is 2.56. The van der Waals surface area contributed by atoms with Gasteiger partial charge >= 0.3 is 18.9 Å². The fraction of sp³-hybridized carbons (Fsp3) is 0.500. The molecule has 0 saturated carbocycles. The molecule has 0 nitrogen and oxygen atoms in total. The zero-order valence-electron chi connectivity index (χ0n) is 11.9. The maximum absolute atomic E-state index is 2.55. The molecular formula is C12H23LiSi3. The molecule has 1 aromatic carbocycles. The first-order valence-electron chi connectivity index (χ1n) is 5.66. The second-order valence-electron chi connectivity index (χ2n) is 6.24. The summed E-state index contributed by atoms with van der Waals surface area (Å²) in [6, 6.07) is 11.3. The molecule has 16 heavy (non-hydrogen) atoms. The van der Waals surface area contributed by atoms with Crippen molar-refractivity contribution in [2.75, 3.05) is 0 Å². The van der Waals surface area contributed by atoms with Crippen molar-refractivity contribution < 1.29 is 18.9 Å². The Hall–Kier alpha value is 0.468. The summed E-state index contributed by atoms with van der Waals surface area (Å²) >= 11 is 0. The normalized spacial score (nSPS) is 11.9. The van der Waals surface area contributed by atoms with E-state index in [-0.39, 0.29) is 26.7 Å². The third kappa shape index (κ3) is 4.38. The molecule has 0 aliphatic rings. The van der Waals surface area contributed by atoms with Crippen LogP contribution in [0.5, 0.6) is 0 Å². The van der Waals surface area contributed by atoms with Crippen LogP contribution in [-0.2, 0) is 0 Å². The Morgan fingerprint density at radius 3 is 1.44 bits per heavy atom. The van der Waals surface area contributed by atoms with Gasteiger partial charge in [-0.15, -0.1) is 0 Å². The molecular weight excluding hydrogens is 235 g/mol. The van der Waals surface area contributed by atoms with E-state index in [1.165, 1.54) is 0 Å². The molecule has 0 radical (unpaired) electrons. The Labute approximate surface area is 116 Å². The van der Waals surface area contributed by atoms with E-state index in [0.717, 1.165) is 0 Å². The molecule has 0 aliphatic heterocycles. The minimum absolute atomic E-state index is 0. The van der Waals surface area contributed by atoms with E-state index < -0.39 is 15.2 Å². The zero-order valence-corrected chi connectivity index (χ0v) is 14.9.